The standard InChI is InChI=1S/C28H37N5O2/c1-3-32(23-9-5-4-6-10-23)27(35)22-15-16-25-24(19-22)30-28(33(25)18-8-7-17-29)31-26(34)21-13-11-20(2)12-14-21/h11-16,19,23H,3-10,17-18,29H2,1-2H3,(H,30,31,34). The quantitative estimate of drug-likeness (QED) is 0.420. The second-order valence-electron chi connectivity index (χ2n) is 9.49. The number of aromatic nitrogens is 2. The zero-order valence-corrected chi connectivity index (χ0v) is 20.9. The van der Waals surface area contributed by atoms with Crippen LogP contribution in [0.2, 0.25) is 0 Å². The first-order valence-electron chi connectivity index (χ1n) is 12.9. The van der Waals surface area contributed by atoms with Gasteiger partial charge in [-0.25, -0.2) is 4.98 Å². The summed E-state index contributed by atoms with van der Waals surface area (Å²) < 4.78 is 2.02. The van der Waals surface area contributed by atoms with Crippen LogP contribution in [0.5, 0.6) is 0 Å². The molecule has 7 heteroatoms. The van der Waals surface area contributed by atoms with Gasteiger partial charge in [-0.05, 0) is 76.4 Å². The number of hydrogen-bond donors (Lipinski definition) is 2. The molecule has 2 aromatic carbocycles. The first-order valence-corrected chi connectivity index (χ1v) is 12.9. The van der Waals surface area contributed by atoms with Crippen LogP contribution < -0.4 is 11.1 Å². The summed E-state index contributed by atoms with van der Waals surface area (Å²) in [6.07, 6.45) is 7.54. The van der Waals surface area contributed by atoms with Gasteiger partial charge in [-0.15, -0.1) is 0 Å². The third-order valence-electron chi connectivity index (χ3n) is 6.99. The number of benzene rings is 2. The van der Waals surface area contributed by atoms with Gasteiger partial charge in [0.25, 0.3) is 11.8 Å². The summed E-state index contributed by atoms with van der Waals surface area (Å²) in [6.45, 7) is 6.05. The van der Waals surface area contributed by atoms with Crippen LogP contribution in [0.1, 0.15) is 78.1 Å². The van der Waals surface area contributed by atoms with E-state index in [0.717, 1.165) is 36.8 Å². The molecule has 7 nitrogen and oxygen atoms in total. The Morgan fingerprint density at radius 3 is 2.46 bits per heavy atom. The van der Waals surface area contributed by atoms with Crippen LogP contribution in [0.25, 0.3) is 11.0 Å². The molecule has 186 valence electrons. The maximum Gasteiger partial charge on any atom is 0.257 e. The van der Waals surface area contributed by atoms with Crippen molar-refractivity contribution in [3.63, 3.8) is 0 Å². The van der Waals surface area contributed by atoms with Gasteiger partial charge in [0, 0.05) is 30.3 Å². The lowest BCUT2D eigenvalue weighted by molar-refractivity contribution is 0.0648. The Balaban J connectivity index is 1.63. The first-order chi connectivity index (χ1) is 17.0. The molecule has 3 aromatic rings. The Labute approximate surface area is 207 Å². The maximum absolute atomic E-state index is 13.4. The average molecular weight is 476 g/mol. The Morgan fingerprint density at radius 2 is 1.77 bits per heavy atom. The van der Waals surface area contributed by atoms with Crippen LogP contribution in [0.4, 0.5) is 5.95 Å². The zero-order chi connectivity index (χ0) is 24.8. The average Bonchev–Trinajstić information content (AvgIpc) is 3.21. The Morgan fingerprint density at radius 1 is 1.06 bits per heavy atom. The molecule has 0 saturated heterocycles. The van der Waals surface area contributed by atoms with Gasteiger partial charge < -0.3 is 15.2 Å². The minimum atomic E-state index is -0.203. The van der Waals surface area contributed by atoms with E-state index in [-0.39, 0.29) is 11.8 Å². The molecule has 35 heavy (non-hydrogen) atoms. The van der Waals surface area contributed by atoms with Crippen molar-refractivity contribution in [3.8, 4) is 0 Å². The molecule has 0 unspecified atom stereocenters. The van der Waals surface area contributed by atoms with Crippen molar-refractivity contribution < 1.29 is 9.59 Å². The number of amides is 2. The van der Waals surface area contributed by atoms with E-state index in [2.05, 4.69) is 12.2 Å². The van der Waals surface area contributed by atoms with E-state index < -0.39 is 0 Å². The Hall–Kier alpha value is -3.19. The molecule has 1 saturated carbocycles. The van der Waals surface area contributed by atoms with Gasteiger partial charge >= 0.3 is 0 Å². The molecule has 1 aliphatic rings. The number of fused-ring (bicyclic) bond motifs is 1. The summed E-state index contributed by atoms with van der Waals surface area (Å²) in [5.74, 6) is 0.349. The van der Waals surface area contributed by atoms with Crippen LogP contribution >= 0.6 is 0 Å². The summed E-state index contributed by atoms with van der Waals surface area (Å²) in [7, 11) is 0. The van der Waals surface area contributed by atoms with E-state index in [0.29, 0.717) is 48.3 Å². The maximum atomic E-state index is 13.4. The zero-order valence-electron chi connectivity index (χ0n) is 20.9. The molecule has 0 spiro atoms. The fourth-order valence-electron chi connectivity index (χ4n) is 5.00. The van der Waals surface area contributed by atoms with Crippen molar-refractivity contribution in [1.29, 1.82) is 0 Å². The minimum absolute atomic E-state index is 0.0595. The number of imidazole rings is 1. The number of carbonyl (C=O) groups excluding carboxylic acids is 2. The van der Waals surface area contributed by atoms with Gasteiger partial charge in [-0.3, -0.25) is 14.9 Å². The van der Waals surface area contributed by atoms with Gasteiger partial charge in [-0.2, -0.15) is 0 Å². The third kappa shape index (κ3) is 5.73. The molecule has 4 rings (SSSR count). The normalized spacial score (nSPS) is 14.3. The summed E-state index contributed by atoms with van der Waals surface area (Å²) in [5.41, 5.74) is 9.65. The Kier molecular flexibility index (Phi) is 8.18. The highest BCUT2D eigenvalue weighted by Gasteiger charge is 2.25. The number of carbonyl (C=O) groups is 2. The number of aryl methyl sites for hydroxylation is 2. The molecular formula is C28H37N5O2. The fourth-order valence-corrected chi connectivity index (χ4v) is 5.00. The van der Waals surface area contributed by atoms with E-state index in [1.807, 2.05) is 58.9 Å². The van der Waals surface area contributed by atoms with Gasteiger partial charge in [0.1, 0.15) is 0 Å². The largest absolute Gasteiger partial charge is 0.336 e. The summed E-state index contributed by atoms with van der Waals surface area (Å²) in [4.78, 5) is 33.1. The number of nitrogens with one attached hydrogen (secondary N) is 1. The summed E-state index contributed by atoms with van der Waals surface area (Å²) >= 11 is 0. The SMILES string of the molecule is CCN(C(=O)c1ccc2c(c1)nc(NC(=O)c1ccc(C)cc1)n2CCCCN)C1CCCCC1. The van der Waals surface area contributed by atoms with Gasteiger partial charge in [0.05, 0.1) is 11.0 Å². The second kappa shape index (κ2) is 11.5. The predicted molar refractivity (Wildman–Crippen MR) is 141 cm³/mol. The summed E-state index contributed by atoms with van der Waals surface area (Å²) in [5, 5.41) is 2.98. The Bertz CT molecular complexity index is 1160. The van der Waals surface area contributed by atoms with E-state index in [4.69, 9.17) is 10.7 Å². The second-order valence-corrected chi connectivity index (χ2v) is 9.49. The van der Waals surface area contributed by atoms with Gasteiger partial charge in [0.15, 0.2) is 0 Å². The molecule has 3 N–H and O–H groups in total. The number of nitrogens with two attached hydrogens (primary N) is 1. The van der Waals surface area contributed by atoms with Crippen LogP contribution in [0.15, 0.2) is 42.5 Å². The molecule has 1 fully saturated rings. The number of rotatable bonds is 9. The van der Waals surface area contributed by atoms with Crippen LogP contribution in [-0.4, -0.2) is 45.4 Å². The molecule has 0 atom stereocenters. The number of unbranched alkanes of at least 4 members (excludes halogenated alkanes) is 1. The molecule has 1 heterocycles. The number of anilines is 1. The predicted octanol–water partition coefficient (Wildman–Crippen LogP) is 5.13. The highest BCUT2D eigenvalue weighted by molar-refractivity contribution is 6.04. The van der Waals surface area contributed by atoms with Crippen molar-refractivity contribution in [2.45, 2.75) is 71.4 Å². The lowest BCUT2D eigenvalue weighted by Gasteiger charge is -2.33. The van der Waals surface area contributed by atoms with E-state index in [9.17, 15) is 9.59 Å². The lowest BCUT2D eigenvalue weighted by atomic mass is 9.93. The van der Waals surface area contributed by atoms with Gasteiger partial charge in [0.2, 0.25) is 5.95 Å². The highest BCUT2D eigenvalue weighted by atomic mass is 16.2. The molecule has 0 aliphatic heterocycles. The molecule has 0 radical (unpaired) electrons. The number of nitrogens with zero attached hydrogens (tertiary/aromatic N) is 3. The lowest BCUT2D eigenvalue weighted by Crippen LogP contribution is -2.41. The van der Waals surface area contributed by atoms with Gasteiger partial charge in [-0.1, -0.05) is 37.0 Å². The van der Waals surface area contributed by atoms with Crippen molar-refractivity contribution in [1.82, 2.24) is 14.5 Å². The van der Waals surface area contributed by atoms with Crippen LogP contribution in [-0.2, 0) is 6.54 Å². The number of hydrogen-bond acceptors (Lipinski definition) is 4. The van der Waals surface area contributed by atoms with Crippen LogP contribution in [0.3, 0.4) is 0 Å². The van der Waals surface area contributed by atoms with Crippen LogP contribution in [0, 0.1) is 6.92 Å². The van der Waals surface area contributed by atoms with E-state index in [1.165, 1.54) is 19.3 Å². The fraction of sp³-hybridized carbons (Fsp3) is 0.464. The van der Waals surface area contributed by atoms with Crippen molar-refractivity contribution >= 4 is 28.8 Å². The molecule has 0 bridgehead atoms. The minimum Gasteiger partial charge on any atom is -0.336 e. The third-order valence-corrected chi connectivity index (χ3v) is 6.99. The van der Waals surface area contributed by atoms with Crippen molar-refractivity contribution in [3.05, 3.63) is 59.2 Å². The van der Waals surface area contributed by atoms with Crippen molar-refractivity contribution in [2.24, 2.45) is 5.73 Å². The summed E-state index contributed by atoms with van der Waals surface area (Å²) in [6, 6.07) is 13.5. The monoisotopic (exact) mass is 475 g/mol. The topological polar surface area (TPSA) is 93.2 Å². The first kappa shape index (κ1) is 24.9. The molecular weight excluding hydrogens is 438 g/mol. The smallest absolute Gasteiger partial charge is 0.257 e. The van der Waals surface area contributed by atoms with E-state index >= 15 is 0 Å². The van der Waals surface area contributed by atoms with E-state index in [1.54, 1.807) is 0 Å². The molecule has 1 aromatic heterocycles. The molecule has 2 amide bonds. The van der Waals surface area contributed by atoms with Crippen molar-refractivity contribution in [2.75, 3.05) is 18.4 Å². The molecule has 1 aliphatic carbocycles. The highest BCUT2D eigenvalue weighted by Crippen LogP contribution is 2.26.